The monoisotopic (exact) mass is 985 g/mol. The Bertz CT molecular complexity index is 2480. The van der Waals surface area contributed by atoms with Crippen molar-refractivity contribution >= 4 is 33.2 Å². The van der Waals surface area contributed by atoms with E-state index in [0.29, 0.717) is 62.5 Å². The van der Waals surface area contributed by atoms with Crippen LogP contribution in [-0.2, 0) is 44.5 Å². The molecule has 0 N–H and O–H groups in total. The van der Waals surface area contributed by atoms with E-state index < -0.39 is 27.1 Å². The maximum absolute atomic E-state index is 17.6. The summed E-state index contributed by atoms with van der Waals surface area (Å²) in [5.41, 5.74) is 5.73. The van der Waals surface area contributed by atoms with E-state index in [9.17, 15) is 13.2 Å². The van der Waals surface area contributed by atoms with E-state index in [1.807, 2.05) is 60.7 Å². The van der Waals surface area contributed by atoms with Gasteiger partial charge in [0.1, 0.15) is 29.1 Å². The number of ether oxygens (including phenoxy) is 4. The minimum atomic E-state index is -3.91. The SMILES string of the molecule is COc1ccc(CN(Cc2ccc(OC)cc2)S(=O)(=O)C(C)CC/C=C(\F)C(C(=O)N(C)CCN2CCOCC2)N2CCCC2N2CC3(CCCc4cc(Cl)ccc43)COc3ccc(C)cc32)cc1. The molecule has 15 heteroatoms. The van der Waals surface area contributed by atoms with Crippen LogP contribution in [0.4, 0.5) is 10.1 Å². The zero-order valence-corrected chi connectivity index (χ0v) is 42.5. The van der Waals surface area contributed by atoms with E-state index in [0.717, 1.165) is 73.3 Å². The van der Waals surface area contributed by atoms with Crippen molar-refractivity contribution in [3.8, 4) is 17.2 Å². The van der Waals surface area contributed by atoms with E-state index in [1.54, 1.807) is 33.1 Å². The number of benzene rings is 4. The number of allylic oxidation sites excluding steroid dienone is 1. The number of likely N-dealkylation sites (tertiary alicyclic amines) is 1. The van der Waals surface area contributed by atoms with Gasteiger partial charge in [-0.2, -0.15) is 4.31 Å². The lowest BCUT2D eigenvalue weighted by molar-refractivity contribution is -0.135. The maximum atomic E-state index is 17.6. The number of carbonyl (C=O) groups excluding carboxylic acids is 1. The van der Waals surface area contributed by atoms with Crippen molar-refractivity contribution in [2.45, 2.75) is 94.8 Å². The summed E-state index contributed by atoms with van der Waals surface area (Å²) in [5.74, 6) is 1.24. The molecule has 0 bridgehead atoms. The average Bonchev–Trinajstić information content (AvgIpc) is 3.77. The molecule has 372 valence electrons. The fourth-order valence-corrected chi connectivity index (χ4v) is 12.4. The third-order valence-corrected chi connectivity index (χ3v) is 17.1. The van der Waals surface area contributed by atoms with Crippen molar-refractivity contribution < 1.29 is 36.6 Å². The summed E-state index contributed by atoms with van der Waals surface area (Å²) in [7, 11) is 1.04. The Morgan fingerprint density at radius 3 is 2.29 bits per heavy atom. The van der Waals surface area contributed by atoms with Crippen LogP contribution < -0.4 is 19.1 Å². The number of fused-ring (bicyclic) bond motifs is 3. The highest BCUT2D eigenvalue weighted by Crippen LogP contribution is 2.47. The number of rotatable bonds is 18. The van der Waals surface area contributed by atoms with Crippen LogP contribution in [0.3, 0.4) is 0 Å². The van der Waals surface area contributed by atoms with E-state index in [1.165, 1.54) is 21.5 Å². The minimum Gasteiger partial charge on any atom is -0.497 e. The Morgan fingerprint density at radius 1 is 0.942 bits per heavy atom. The average molecular weight is 987 g/mol. The molecule has 2 saturated heterocycles. The highest BCUT2D eigenvalue weighted by Gasteiger charge is 2.47. The van der Waals surface area contributed by atoms with E-state index in [2.05, 4.69) is 45.9 Å². The predicted molar refractivity (Wildman–Crippen MR) is 271 cm³/mol. The first kappa shape index (κ1) is 50.7. The molecule has 4 aromatic rings. The Labute approximate surface area is 413 Å². The third kappa shape index (κ3) is 11.7. The highest BCUT2D eigenvalue weighted by atomic mass is 35.5. The first-order valence-corrected chi connectivity index (χ1v) is 26.4. The van der Waals surface area contributed by atoms with E-state index in [-0.39, 0.29) is 43.4 Å². The lowest BCUT2D eigenvalue weighted by Gasteiger charge is -2.45. The quantitative estimate of drug-likeness (QED) is 0.0962. The molecule has 1 aliphatic carbocycles. The molecule has 4 aliphatic rings. The van der Waals surface area contributed by atoms with Gasteiger partial charge in [-0.3, -0.25) is 14.6 Å². The van der Waals surface area contributed by atoms with Gasteiger partial charge in [-0.25, -0.2) is 12.8 Å². The number of hydrogen-bond acceptors (Lipinski definition) is 10. The molecule has 0 radical (unpaired) electrons. The smallest absolute Gasteiger partial charge is 0.246 e. The molecule has 0 saturated carbocycles. The summed E-state index contributed by atoms with van der Waals surface area (Å²) in [5, 5.41) is -0.143. The standard InChI is InChI=1S/C54H69ClFN5O7S/c1-39-13-24-50-49(33-39)61(37-54(38-68-50)25-7-10-43-34-44(55)18-23-47(43)54)51-12-8-26-60(51)52(53(62)57(3)27-28-58-29-31-67-32-30-58)48(56)11-6-9-40(2)69(63,64)59(35-41-14-19-45(65-4)20-15-41)36-42-16-21-46(66-5)22-17-42/h11,13-24,33-34,40,51-52H,6-10,12,25-32,35-38H2,1-5H3/b48-11-. The van der Waals surface area contributed by atoms with Crippen molar-refractivity contribution in [3.05, 3.63) is 130 Å². The van der Waals surface area contributed by atoms with Crippen molar-refractivity contribution in [2.75, 3.05) is 85.3 Å². The second kappa shape index (κ2) is 22.6. The number of aryl methyl sites for hydroxylation is 2. The van der Waals surface area contributed by atoms with Crippen molar-refractivity contribution in [2.24, 2.45) is 0 Å². The summed E-state index contributed by atoms with van der Waals surface area (Å²) < 4.78 is 71.2. The molecule has 8 rings (SSSR count). The van der Waals surface area contributed by atoms with Gasteiger partial charge in [0.05, 0.1) is 51.1 Å². The van der Waals surface area contributed by atoms with Crippen LogP contribution >= 0.6 is 11.6 Å². The molecule has 4 aromatic carbocycles. The lowest BCUT2D eigenvalue weighted by Crippen LogP contribution is -2.58. The molecule has 3 heterocycles. The molecule has 2 fully saturated rings. The molecular weight excluding hydrogens is 917 g/mol. The van der Waals surface area contributed by atoms with Gasteiger partial charge in [-0.15, -0.1) is 0 Å². The summed E-state index contributed by atoms with van der Waals surface area (Å²) in [6.45, 7) is 9.56. The van der Waals surface area contributed by atoms with Crippen LogP contribution in [0.1, 0.15) is 73.3 Å². The number of hydrogen-bond donors (Lipinski definition) is 0. The van der Waals surface area contributed by atoms with Gasteiger partial charge in [0.15, 0.2) is 0 Å². The summed E-state index contributed by atoms with van der Waals surface area (Å²) in [6, 6.07) is 26.0. The zero-order chi connectivity index (χ0) is 48.7. The second-order valence-electron chi connectivity index (χ2n) is 19.3. The van der Waals surface area contributed by atoms with E-state index in [4.69, 9.17) is 30.5 Å². The van der Waals surface area contributed by atoms with Crippen LogP contribution in [-0.4, -0.2) is 131 Å². The number of amides is 1. The Hall–Kier alpha value is -4.70. The summed E-state index contributed by atoms with van der Waals surface area (Å²) in [6.07, 6.45) is 5.72. The van der Waals surface area contributed by atoms with Gasteiger partial charge in [0.25, 0.3) is 0 Å². The Morgan fingerprint density at radius 2 is 1.62 bits per heavy atom. The van der Waals surface area contributed by atoms with Crippen LogP contribution in [0.25, 0.3) is 0 Å². The number of morpholine rings is 1. The molecular formula is C54H69ClFN5O7S. The van der Waals surface area contributed by atoms with Gasteiger partial charge < -0.3 is 28.7 Å². The number of likely N-dealkylation sites (N-methyl/N-ethyl adjacent to an activating group) is 1. The Kier molecular flexibility index (Phi) is 16.6. The molecule has 4 atom stereocenters. The molecule has 1 amide bonds. The largest absolute Gasteiger partial charge is 0.497 e. The molecule has 12 nitrogen and oxygen atoms in total. The molecule has 3 aliphatic heterocycles. The van der Waals surface area contributed by atoms with Crippen LogP contribution in [0.5, 0.6) is 17.2 Å². The number of methoxy groups -OCH3 is 2. The molecule has 0 aromatic heterocycles. The van der Waals surface area contributed by atoms with Gasteiger partial charge in [-0.05, 0) is 135 Å². The Balaban J connectivity index is 1.08. The van der Waals surface area contributed by atoms with Crippen molar-refractivity contribution in [1.29, 1.82) is 0 Å². The van der Waals surface area contributed by atoms with Crippen LogP contribution in [0, 0.1) is 6.92 Å². The first-order chi connectivity index (χ1) is 33.3. The number of halogens is 2. The second-order valence-corrected chi connectivity index (χ2v) is 22.1. The van der Waals surface area contributed by atoms with Gasteiger partial charge >= 0.3 is 0 Å². The van der Waals surface area contributed by atoms with Gasteiger partial charge in [-0.1, -0.05) is 54.1 Å². The fourth-order valence-electron chi connectivity index (χ4n) is 10.6. The normalized spacial score (nSPS) is 21.0. The summed E-state index contributed by atoms with van der Waals surface area (Å²) in [4.78, 5) is 23.4. The number of nitrogens with zero attached hydrogens (tertiary/aromatic N) is 5. The first-order valence-electron chi connectivity index (χ1n) is 24.5. The minimum absolute atomic E-state index is 0.118. The van der Waals surface area contributed by atoms with Gasteiger partial charge in [0.2, 0.25) is 15.9 Å². The predicted octanol–water partition coefficient (Wildman–Crippen LogP) is 8.77. The summed E-state index contributed by atoms with van der Waals surface area (Å²) >= 11 is 6.56. The molecule has 69 heavy (non-hydrogen) atoms. The van der Waals surface area contributed by atoms with Crippen molar-refractivity contribution in [3.63, 3.8) is 0 Å². The molecule has 1 spiro atoms. The van der Waals surface area contributed by atoms with Gasteiger partial charge in [0, 0.05) is 69.8 Å². The molecule has 4 unspecified atom stereocenters. The number of sulfonamides is 1. The third-order valence-electron chi connectivity index (χ3n) is 14.6. The lowest BCUT2D eigenvalue weighted by atomic mass is 9.70. The van der Waals surface area contributed by atoms with Crippen LogP contribution in [0.15, 0.2) is 96.8 Å². The zero-order valence-electron chi connectivity index (χ0n) is 40.9. The topological polar surface area (TPSA) is 104 Å². The fraction of sp³-hybridized carbons (Fsp3) is 0.500. The van der Waals surface area contributed by atoms with Crippen LogP contribution in [0.2, 0.25) is 5.02 Å². The number of carbonyl (C=O) groups is 1. The van der Waals surface area contributed by atoms with Crippen molar-refractivity contribution in [1.82, 2.24) is 19.0 Å². The maximum Gasteiger partial charge on any atom is 0.246 e. The highest BCUT2D eigenvalue weighted by molar-refractivity contribution is 7.89. The van der Waals surface area contributed by atoms with E-state index >= 15 is 4.39 Å². The number of anilines is 1.